The van der Waals surface area contributed by atoms with Crippen LogP contribution in [0, 0.1) is 23.7 Å². The fourth-order valence-corrected chi connectivity index (χ4v) is 3.16. The summed E-state index contributed by atoms with van der Waals surface area (Å²) in [6.45, 7) is 11.1. The molecule has 0 radical (unpaired) electrons. The second-order valence-corrected chi connectivity index (χ2v) is 7.30. The molecule has 0 aromatic heterocycles. The lowest BCUT2D eigenvalue weighted by molar-refractivity contribution is -0.153. The van der Waals surface area contributed by atoms with Crippen molar-refractivity contribution in [2.45, 2.75) is 54.1 Å². The summed E-state index contributed by atoms with van der Waals surface area (Å²) in [6, 6.07) is 8.15. The zero-order valence-corrected chi connectivity index (χ0v) is 13.3. The standard InChI is InChI=1S/C18H26O2/c1-13(2)10-18(12-17(18,4)5)16(19)20-11-15-8-6-14(3)7-9-15/h6-9,13H,10-12H2,1-5H3. The van der Waals surface area contributed by atoms with Gasteiger partial charge in [-0.05, 0) is 36.7 Å². The first-order chi connectivity index (χ1) is 9.27. The summed E-state index contributed by atoms with van der Waals surface area (Å²) in [5.74, 6) is 0.500. The first kappa shape index (κ1) is 15.1. The van der Waals surface area contributed by atoms with Crippen LogP contribution in [0.2, 0.25) is 0 Å². The molecular weight excluding hydrogens is 248 g/mol. The van der Waals surface area contributed by atoms with Gasteiger partial charge in [0.2, 0.25) is 0 Å². The Morgan fingerprint density at radius 2 is 1.80 bits per heavy atom. The summed E-state index contributed by atoms with van der Waals surface area (Å²) in [4.78, 5) is 12.5. The van der Waals surface area contributed by atoms with Crippen molar-refractivity contribution in [1.29, 1.82) is 0 Å². The maximum atomic E-state index is 12.5. The molecule has 1 aliphatic carbocycles. The van der Waals surface area contributed by atoms with Crippen LogP contribution >= 0.6 is 0 Å². The molecule has 1 atom stereocenters. The fraction of sp³-hybridized carbons (Fsp3) is 0.611. The van der Waals surface area contributed by atoms with Crippen LogP contribution in [-0.4, -0.2) is 5.97 Å². The van der Waals surface area contributed by atoms with E-state index in [0.717, 1.165) is 18.4 Å². The molecule has 1 aromatic carbocycles. The summed E-state index contributed by atoms with van der Waals surface area (Å²) in [7, 11) is 0. The molecule has 1 aromatic rings. The number of carbonyl (C=O) groups excluding carboxylic acids is 1. The van der Waals surface area contributed by atoms with E-state index >= 15 is 0 Å². The monoisotopic (exact) mass is 274 g/mol. The van der Waals surface area contributed by atoms with Crippen LogP contribution in [0.25, 0.3) is 0 Å². The van der Waals surface area contributed by atoms with E-state index in [1.807, 2.05) is 24.3 Å². The average molecular weight is 274 g/mol. The molecule has 0 bridgehead atoms. The third kappa shape index (κ3) is 2.89. The molecule has 1 fully saturated rings. The van der Waals surface area contributed by atoms with Gasteiger partial charge in [-0.25, -0.2) is 0 Å². The van der Waals surface area contributed by atoms with Gasteiger partial charge < -0.3 is 4.74 Å². The minimum Gasteiger partial charge on any atom is -0.460 e. The van der Waals surface area contributed by atoms with Gasteiger partial charge in [0.05, 0.1) is 5.41 Å². The average Bonchev–Trinajstić information content (AvgIpc) is 2.90. The van der Waals surface area contributed by atoms with Crippen molar-refractivity contribution in [2.75, 3.05) is 0 Å². The van der Waals surface area contributed by atoms with Crippen LogP contribution in [0.5, 0.6) is 0 Å². The molecule has 1 saturated carbocycles. The molecule has 2 rings (SSSR count). The Balaban J connectivity index is 1.99. The van der Waals surface area contributed by atoms with Crippen LogP contribution in [0.3, 0.4) is 0 Å². The lowest BCUT2D eigenvalue weighted by atomic mass is 9.87. The van der Waals surface area contributed by atoms with Gasteiger partial charge in [0.1, 0.15) is 6.61 Å². The zero-order chi connectivity index (χ0) is 15.0. The Morgan fingerprint density at radius 1 is 1.25 bits per heavy atom. The highest BCUT2D eigenvalue weighted by atomic mass is 16.5. The third-order valence-electron chi connectivity index (χ3n) is 4.55. The maximum absolute atomic E-state index is 12.5. The normalized spacial score (nSPS) is 23.7. The van der Waals surface area contributed by atoms with Crippen LogP contribution in [0.4, 0.5) is 0 Å². The molecule has 0 spiro atoms. The summed E-state index contributed by atoms with van der Waals surface area (Å²) >= 11 is 0. The van der Waals surface area contributed by atoms with Crippen molar-refractivity contribution >= 4 is 5.97 Å². The van der Waals surface area contributed by atoms with E-state index < -0.39 is 0 Å². The predicted octanol–water partition coefficient (Wildman–Crippen LogP) is 4.50. The van der Waals surface area contributed by atoms with Crippen molar-refractivity contribution in [3.8, 4) is 0 Å². The van der Waals surface area contributed by atoms with E-state index in [4.69, 9.17) is 4.74 Å². The third-order valence-corrected chi connectivity index (χ3v) is 4.55. The van der Waals surface area contributed by atoms with Crippen LogP contribution in [-0.2, 0) is 16.1 Å². The van der Waals surface area contributed by atoms with E-state index in [1.54, 1.807) is 0 Å². The van der Waals surface area contributed by atoms with E-state index in [1.165, 1.54) is 5.56 Å². The quantitative estimate of drug-likeness (QED) is 0.739. The molecule has 2 heteroatoms. The van der Waals surface area contributed by atoms with Crippen molar-refractivity contribution < 1.29 is 9.53 Å². The molecule has 0 heterocycles. The summed E-state index contributed by atoms with van der Waals surface area (Å²) in [5, 5.41) is 0. The summed E-state index contributed by atoms with van der Waals surface area (Å²) in [6.07, 6.45) is 1.87. The van der Waals surface area contributed by atoms with E-state index in [2.05, 4.69) is 34.6 Å². The van der Waals surface area contributed by atoms with Crippen LogP contribution < -0.4 is 0 Å². The second-order valence-electron chi connectivity index (χ2n) is 7.30. The molecule has 20 heavy (non-hydrogen) atoms. The number of carbonyl (C=O) groups is 1. The molecule has 0 saturated heterocycles. The highest BCUT2D eigenvalue weighted by Crippen LogP contribution is 2.67. The van der Waals surface area contributed by atoms with Crippen molar-refractivity contribution in [2.24, 2.45) is 16.7 Å². The number of esters is 1. The number of aryl methyl sites for hydroxylation is 1. The molecule has 0 aliphatic heterocycles. The van der Waals surface area contributed by atoms with Crippen molar-refractivity contribution in [3.63, 3.8) is 0 Å². The largest absolute Gasteiger partial charge is 0.460 e. The van der Waals surface area contributed by atoms with Gasteiger partial charge in [0, 0.05) is 0 Å². The smallest absolute Gasteiger partial charge is 0.312 e. The second kappa shape index (κ2) is 5.23. The van der Waals surface area contributed by atoms with Gasteiger partial charge in [-0.1, -0.05) is 57.5 Å². The Bertz CT molecular complexity index is 485. The van der Waals surface area contributed by atoms with Gasteiger partial charge in [-0.2, -0.15) is 0 Å². The molecule has 2 nitrogen and oxygen atoms in total. The minimum atomic E-state index is -0.258. The highest BCUT2D eigenvalue weighted by Gasteiger charge is 2.66. The topological polar surface area (TPSA) is 26.3 Å². The Labute approximate surface area is 122 Å². The number of benzene rings is 1. The van der Waals surface area contributed by atoms with Gasteiger partial charge in [-0.15, -0.1) is 0 Å². The maximum Gasteiger partial charge on any atom is 0.312 e. The predicted molar refractivity (Wildman–Crippen MR) is 81.3 cm³/mol. The van der Waals surface area contributed by atoms with Crippen LogP contribution in [0.15, 0.2) is 24.3 Å². The lowest BCUT2D eigenvalue weighted by Gasteiger charge is -2.21. The zero-order valence-electron chi connectivity index (χ0n) is 13.3. The Morgan fingerprint density at radius 3 is 2.25 bits per heavy atom. The summed E-state index contributed by atoms with van der Waals surface area (Å²) in [5.41, 5.74) is 2.11. The van der Waals surface area contributed by atoms with Crippen molar-refractivity contribution in [1.82, 2.24) is 0 Å². The Hall–Kier alpha value is -1.31. The molecule has 1 aliphatic rings. The molecule has 0 amide bonds. The SMILES string of the molecule is Cc1ccc(COC(=O)C2(CC(C)C)CC2(C)C)cc1. The number of rotatable bonds is 5. The van der Waals surface area contributed by atoms with E-state index in [0.29, 0.717) is 12.5 Å². The van der Waals surface area contributed by atoms with E-state index in [-0.39, 0.29) is 16.8 Å². The minimum absolute atomic E-state index is 0.0169. The Kier molecular flexibility index (Phi) is 3.95. The van der Waals surface area contributed by atoms with Gasteiger partial charge in [-0.3, -0.25) is 4.79 Å². The first-order valence-corrected chi connectivity index (χ1v) is 7.50. The van der Waals surface area contributed by atoms with Crippen LogP contribution in [0.1, 0.15) is 51.7 Å². The number of hydrogen-bond acceptors (Lipinski definition) is 2. The van der Waals surface area contributed by atoms with Gasteiger partial charge in [0.25, 0.3) is 0 Å². The van der Waals surface area contributed by atoms with Crippen molar-refractivity contribution in [3.05, 3.63) is 35.4 Å². The first-order valence-electron chi connectivity index (χ1n) is 7.50. The number of hydrogen-bond donors (Lipinski definition) is 0. The summed E-state index contributed by atoms with van der Waals surface area (Å²) < 4.78 is 5.59. The van der Waals surface area contributed by atoms with Gasteiger partial charge in [0.15, 0.2) is 0 Å². The molecule has 1 unspecified atom stereocenters. The molecular formula is C18H26O2. The molecule has 0 N–H and O–H groups in total. The van der Waals surface area contributed by atoms with E-state index in [9.17, 15) is 4.79 Å². The van der Waals surface area contributed by atoms with Gasteiger partial charge >= 0.3 is 5.97 Å². The molecule has 110 valence electrons. The lowest BCUT2D eigenvalue weighted by Crippen LogP contribution is -2.25. The highest BCUT2D eigenvalue weighted by molar-refractivity contribution is 5.81. The number of ether oxygens (including phenoxy) is 1. The fourth-order valence-electron chi connectivity index (χ4n) is 3.16.